The third-order valence-electron chi connectivity index (χ3n) is 9.60. The van der Waals surface area contributed by atoms with E-state index in [0.717, 1.165) is 31.4 Å². The van der Waals surface area contributed by atoms with Crippen molar-refractivity contribution in [3.63, 3.8) is 0 Å². The molecule has 6 rings (SSSR count). The molecule has 3 nitrogen and oxygen atoms in total. The maximum Gasteiger partial charge on any atom is 0.119 e. The van der Waals surface area contributed by atoms with Gasteiger partial charge in [-0.3, -0.25) is 9.80 Å². The summed E-state index contributed by atoms with van der Waals surface area (Å²) >= 11 is 0. The third-order valence-corrected chi connectivity index (χ3v) is 9.60. The molecule has 1 aliphatic carbocycles. The Labute approximate surface area is 253 Å². The average Bonchev–Trinajstić information content (AvgIpc) is 3.25. The molecule has 0 aromatic heterocycles. The summed E-state index contributed by atoms with van der Waals surface area (Å²) in [7, 11) is 0. The van der Waals surface area contributed by atoms with Gasteiger partial charge in [-0.15, -0.1) is 0 Å². The number of piperazine rings is 1. The molecule has 1 atom stereocenters. The SMILES string of the molecule is c1ccc(COc2ccc(CN3CCN(C4CCCC(Cc5ccccc5)(Cc5ccccc5)CC4)CC3)cc2)cc1. The molecular formula is C39H46N2O. The predicted molar refractivity (Wildman–Crippen MR) is 174 cm³/mol. The molecule has 0 radical (unpaired) electrons. The molecule has 1 aliphatic heterocycles. The van der Waals surface area contributed by atoms with Gasteiger partial charge in [0.15, 0.2) is 0 Å². The minimum Gasteiger partial charge on any atom is -0.489 e. The monoisotopic (exact) mass is 558 g/mol. The van der Waals surface area contributed by atoms with Crippen LogP contribution in [0.2, 0.25) is 0 Å². The number of hydrogen-bond donors (Lipinski definition) is 0. The first-order valence-corrected chi connectivity index (χ1v) is 16.0. The fourth-order valence-corrected chi connectivity index (χ4v) is 7.27. The van der Waals surface area contributed by atoms with Crippen molar-refractivity contribution in [3.8, 4) is 5.75 Å². The first-order chi connectivity index (χ1) is 20.7. The van der Waals surface area contributed by atoms with Crippen LogP contribution in [0.1, 0.15) is 54.4 Å². The summed E-state index contributed by atoms with van der Waals surface area (Å²) in [5, 5.41) is 0. The zero-order chi connectivity index (χ0) is 28.5. The fraction of sp³-hybridized carbons (Fsp3) is 0.385. The Kier molecular flexibility index (Phi) is 9.69. The van der Waals surface area contributed by atoms with Crippen LogP contribution in [-0.4, -0.2) is 42.0 Å². The molecule has 2 fully saturated rings. The fourth-order valence-electron chi connectivity index (χ4n) is 7.27. The quantitative estimate of drug-likeness (QED) is 0.183. The molecular weight excluding hydrogens is 512 g/mol. The van der Waals surface area contributed by atoms with E-state index in [0.29, 0.717) is 12.0 Å². The Balaban J connectivity index is 1.01. The molecule has 1 unspecified atom stereocenters. The van der Waals surface area contributed by atoms with Gasteiger partial charge >= 0.3 is 0 Å². The summed E-state index contributed by atoms with van der Waals surface area (Å²) in [6, 6.07) is 42.3. The second-order valence-electron chi connectivity index (χ2n) is 12.6. The molecule has 0 amide bonds. The van der Waals surface area contributed by atoms with Crippen LogP contribution in [0.25, 0.3) is 0 Å². The highest BCUT2D eigenvalue weighted by Gasteiger charge is 2.35. The van der Waals surface area contributed by atoms with Crippen molar-refractivity contribution in [3.05, 3.63) is 138 Å². The van der Waals surface area contributed by atoms with E-state index in [1.165, 1.54) is 80.3 Å². The average molecular weight is 559 g/mol. The highest BCUT2D eigenvalue weighted by molar-refractivity contribution is 5.28. The van der Waals surface area contributed by atoms with Crippen LogP contribution in [0.5, 0.6) is 5.75 Å². The molecule has 1 saturated heterocycles. The molecule has 1 heterocycles. The van der Waals surface area contributed by atoms with Crippen molar-refractivity contribution >= 4 is 0 Å². The van der Waals surface area contributed by atoms with E-state index in [-0.39, 0.29) is 0 Å². The number of nitrogens with zero attached hydrogens (tertiary/aromatic N) is 2. The van der Waals surface area contributed by atoms with Crippen molar-refractivity contribution in [2.24, 2.45) is 5.41 Å². The first kappa shape index (κ1) is 28.7. The molecule has 4 aromatic carbocycles. The summed E-state index contributed by atoms with van der Waals surface area (Å²) in [5.41, 5.74) is 5.92. The largest absolute Gasteiger partial charge is 0.489 e. The molecule has 0 N–H and O–H groups in total. The van der Waals surface area contributed by atoms with Crippen LogP contribution >= 0.6 is 0 Å². The van der Waals surface area contributed by atoms with E-state index in [4.69, 9.17) is 4.74 Å². The topological polar surface area (TPSA) is 15.7 Å². The van der Waals surface area contributed by atoms with Crippen molar-refractivity contribution in [1.82, 2.24) is 9.80 Å². The smallest absolute Gasteiger partial charge is 0.119 e. The zero-order valence-corrected chi connectivity index (χ0v) is 25.0. The van der Waals surface area contributed by atoms with E-state index >= 15 is 0 Å². The molecule has 0 bridgehead atoms. The van der Waals surface area contributed by atoms with Crippen LogP contribution in [0, 0.1) is 5.41 Å². The van der Waals surface area contributed by atoms with Gasteiger partial charge in [-0.05, 0) is 78.3 Å². The lowest BCUT2D eigenvalue weighted by Gasteiger charge is -2.39. The number of rotatable bonds is 10. The summed E-state index contributed by atoms with van der Waals surface area (Å²) in [6.45, 7) is 6.32. The third kappa shape index (κ3) is 7.91. The van der Waals surface area contributed by atoms with Crippen molar-refractivity contribution in [1.29, 1.82) is 0 Å². The normalized spacial score (nSPS) is 19.7. The van der Waals surface area contributed by atoms with Crippen LogP contribution in [-0.2, 0) is 26.0 Å². The van der Waals surface area contributed by atoms with E-state index in [1.807, 2.05) is 6.07 Å². The highest BCUT2D eigenvalue weighted by Crippen LogP contribution is 2.42. The van der Waals surface area contributed by atoms with Gasteiger partial charge in [0, 0.05) is 38.8 Å². The van der Waals surface area contributed by atoms with Gasteiger partial charge in [0.25, 0.3) is 0 Å². The van der Waals surface area contributed by atoms with Crippen LogP contribution in [0.3, 0.4) is 0 Å². The lowest BCUT2D eigenvalue weighted by Crippen LogP contribution is -2.49. The maximum absolute atomic E-state index is 5.99. The lowest BCUT2D eigenvalue weighted by atomic mass is 9.71. The van der Waals surface area contributed by atoms with Crippen LogP contribution in [0.4, 0.5) is 0 Å². The number of benzene rings is 4. The Morgan fingerprint density at radius 3 is 1.74 bits per heavy atom. The standard InChI is InChI=1S/C39H46N2O/c1-4-11-33(12-5-1)29-39(30-34-13-6-2-7-14-34)23-10-17-37(22-24-39)41-27-25-40(26-28-41)31-35-18-20-38(21-19-35)42-32-36-15-8-3-9-16-36/h1-9,11-16,18-21,37H,10,17,22-32H2. The summed E-state index contributed by atoms with van der Waals surface area (Å²) in [4.78, 5) is 5.44. The zero-order valence-electron chi connectivity index (χ0n) is 25.0. The van der Waals surface area contributed by atoms with E-state index in [1.54, 1.807) is 0 Å². The van der Waals surface area contributed by atoms with Crippen molar-refractivity contribution < 1.29 is 4.74 Å². The van der Waals surface area contributed by atoms with Crippen molar-refractivity contribution in [2.75, 3.05) is 26.2 Å². The van der Waals surface area contributed by atoms with Gasteiger partial charge < -0.3 is 4.74 Å². The minimum absolute atomic E-state index is 0.357. The molecule has 1 saturated carbocycles. The Morgan fingerprint density at radius 1 is 0.571 bits per heavy atom. The van der Waals surface area contributed by atoms with Crippen LogP contribution < -0.4 is 4.74 Å². The van der Waals surface area contributed by atoms with Gasteiger partial charge in [-0.25, -0.2) is 0 Å². The Hall–Kier alpha value is -3.40. The Morgan fingerprint density at radius 2 is 1.14 bits per heavy atom. The molecule has 218 valence electrons. The second kappa shape index (κ2) is 14.2. The lowest BCUT2D eigenvalue weighted by molar-refractivity contribution is 0.0830. The second-order valence-corrected chi connectivity index (χ2v) is 12.6. The first-order valence-electron chi connectivity index (χ1n) is 16.0. The van der Waals surface area contributed by atoms with Gasteiger partial charge in [-0.1, -0.05) is 110 Å². The predicted octanol–water partition coefficient (Wildman–Crippen LogP) is 8.19. The highest BCUT2D eigenvalue weighted by atomic mass is 16.5. The van der Waals surface area contributed by atoms with E-state index in [9.17, 15) is 0 Å². The summed E-state index contributed by atoms with van der Waals surface area (Å²) in [5.74, 6) is 0.941. The van der Waals surface area contributed by atoms with Gasteiger partial charge in [-0.2, -0.15) is 0 Å². The molecule has 2 aliphatic rings. The van der Waals surface area contributed by atoms with E-state index in [2.05, 4.69) is 119 Å². The van der Waals surface area contributed by atoms with Gasteiger partial charge in [0.1, 0.15) is 12.4 Å². The molecule has 3 heteroatoms. The minimum atomic E-state index is 0.357. The van der Waals surface area contributed by atoms with Crippen LogP contribution in [0.15, 0.2) is 115 Å². The van der Waals surface area contributed by atoms with Gasteiger partial charge in [0.05, 0.1) is 0 Å². The summed E-state index contributed by atoms with van der Waals surface area (Å²) < 4.78 is 5.99. The maximum atomic E-state index is 5.99. The molecule has 42 heavy (non-hydrogen) atoms. The molecule has 4 aromatic rings. The van der Waals surface area contributed by atoms with E-state index < -0.39 is 0 Å². The number of hydrogen-bond acceptors (Lipinski definition) is 3. The number of ether oxygens (including phenoxy) is 1. The summed E-state index contributed by atoms with van der Waals surface area (Å²) in [6.07, 6.45) is 9.04. The van der Waals surface area contributed by atoms with Gasteiger partial charge in [0.2, 0.25) is 0 Å². The van der Waals surface area contributed by atoms with Crippen molar-refractivity contribution in [2.45, 2.75) is 64.1 Å². The molecule has 0 spiro atoms. The Bertz CT molecular complexity index is 1290.